The lowest BCUT2D eigenvalue weighted by atomic mass is 9.90. The summed E-state index contributed by atoms with van der Waals surface area (Å²) >= 11 is 0. The van der Waals surface area contributed by atoms with Crippen LogP contribution < -0.4 is 11.2 Å². The third kappa shape index (κ3) is 3.53. The molecule has 0 aromatic carbocycles. The van der Waals surface area contributed by atoms with Crippen LogP contribution in [0.25, 0.3) is 11.2 Å². The molecule has 3 heterocycles. The number of aliphatic hydroxyl groups excluding tert-OH is 3. The van der Waals surface area contributed by atoms with Crippen molar-refractivity contribution in [3.05, 3.63) is 6.33 Å². The molecule has 0 bridgehead atoms. The highest BCUT2D eigenvalue weighted by atomic mass is 16.6. The SMILES string of the molecule is Nc1nc(N/N=C\C2CCCCC2)nc2c1ncn2C1OC(CO)[C@@H](O)[C@H]1O. The molecule has 11 heteroatoms. The number of hydrogen-bond donors (Lipinski definition) is 5. The van der Waals surface area contributed by atoms with Crippen LogP contribution in [0.4, 0.5) is 11.8 Å². The number of hydrogen-bond acceptors (Lipinski definition) is 10. The van der Waals surface area contributed by atoms with E-state index in [0.717, 1.165) is 12.8 Å². The minimum absolute atomic E-state index is 0.158. The number of hydrazone groups is 1. The molecule has 0 amide bonds. The Bertz CT molecular complexity index is 851. The molecule has 28 heavy (non-hydrogen) atoms. The molecule has 6 N–H and O–H groups in total. The molecule has 0 radical (unpaired) electrons. The second-order valence-electron chi connectivity index (χ2n) is 7.27. The fraction of sp³-hybridized carbons (Fsp3) is 0.647. The highest BCUT2D eigenvalue weighted by Crippen LogP contribution is 2.32. The second-order valence-corrected chi connectivity index (χ2v) is 7.27. The first-order chi connectivity index (χ1) is 13.6. The Morgan fingerprint density at radius 1 is 1.25 bits per heavy atom. The van der Waals surface area contributed by atoms with E-state index in [1.807, 2.05) is 6.21 Å². The molecular formula is C17H25N7O4. The lowest BCUT2D eigenvalue weighted by Crippen LogP contribution is -2.33. The van der Waals surface area contributed by atoms with Crippen molar-refractivity contribution in [2.75, 3.05) is 17.8 Å². The first-order valence-electron chi connectivity index (χ1n) is 9.50. The van der Waals surface area contributed by atoms with Gasteiger partial charge in [0.2, 0.25) is 5.95 Å². The maximum Gasteiger partial charge on any atom is 0.247 e. The number of rotatable bonds is 5. The van der Waals surface area contributed by atoms with Gasteiger partial charge in [0.1, 0.15) is 23.8 Å². The molecule has 4 atom stereocenters. The van der Waals surface area contributed by atoms with Gasteiger partial charge in [-0.05, 0) is 18.8 Å². The van der Waals surface area contributed by atoms with Crippen LogP contribution in [0.2, 0.25) is 0 Å². The molecule has 2 aliphatic rings. The molecule has 2 aromatic rings. The first-order valence-corrected chi connectivity index (χ1v) is 9.50. The number of anilines is 2. The third-order valence-electron chi connectivity index (χ3n) is 5.34. The maximum absolute atomic E-state index is 10.3. The molecule has 2 unspecified atom stereocenters. The summed E-state index contributed by atoms with van der Waals surface area (Å²) in [5, 5.41) is 33.8. The van der Waals surface area contributed by atoms with Crippen LogP contribution >= 0.6 is 0 Å². The molecule has 1 saturated heterocycles. The van der Waals surface area contributed by atoms with Crippen molar-refractivity contribution in [1.29, 1.82) is 0 Å². The van der Waals surface area contributed by atoms with Crippen LogP contribution in [-0.4, -0.2) is 66.0 Å². The molecule has 4 rings (SSSR count). The second kappa shape index (κ2) is 7.95. The fourth-order valence-corrected chi connectivity index (χ4v) is 3.77. The third-order valence-corrected chi connectivity index (χ3v) is 5.34. The maximum atomic E-state index is 10.3. The lowest BCUT2D eigenvalue weighted by Gasteiger charge is -2.17. The van der Waals surface area contributed by atoms with Gasteiger partial charge in [-0.2, -0.15) is 15.1 Å². The number of nitrogens with zero attached hydrogens (tertiary/aromatic N) is 5. The van der Waals surface area contributed by atoms with Crippen LogP contribution in [0.1, 0.15) is 38.3 Å². The predicted molar refractivity (Wildman–Crippen MR) is 101 cm³/mol. The van der Waals surface area contributed by atoms with Crippen LogP contribution in [0.3, 0.4) is 0 Å². The smallest absolute Gasteiger partial charge is 0.247 e. The van der Waals surface area contributed by atoms with E-state index in [2.05, 4.69) is 25.5 Å². The summed E-state index contributed by atoms with van der Waals surface area (Å²) in [4.78, 5) is 12.7. The Balaban J connectivity index is 1.57. The van der Waals surface area contributed by atoms with E-state index in [4.69, 9.17) is 10.5 Å². The number of nitrogens with two attached hydrogens (primary N) is 1. The van der Waals surface area contributed by atoms with E-state index in [1.165, 1.54) is 30.2 Å². The Kier molecular flexibility index (Phi) is 5.40. The number of nitrogen functional groups attached to an aromatic ring is 1. The van der Waals surface area contributed by atoms with Crippen molar-refractivity contribution >= 4 is 29.1 Å². The fourth-order valence-electron chi connectivity index (χ4n) is 3.77. The zero-order valence-electron chi connectivity index (χ0n) is 15.3. The summed E-state index contributed by atoms with van der Waals surface area (Å²) in [5.41, 5.74) is 9.47. The van der Waals surface area contributed by atoms with Crippen molar-refractivity contribution in [3.63, 3.8) is 0 Å². The summed E-state index contributed by atoms with van der Waals surface area (Å²) in [6, 6.07) is 0. The standard InChI is InChI=1S/C17H25N7O4/c18-14-11-15(22-17(21-14)23-20-6-9-4-2-1-3-5-9)24(8-19-11)16-13(27)12(26)10(7-25)28-16/h6,8-10,12-13,16,25-27H,1-5,7H2,(H3,18,21,22,23)/b20-6-/t10?,12-,13-,16?/m1/s1. The monoisotopic (exact) mass is 391 g/mol. The predicted octanol–water partition coefficient (Wildman–Crippen LogP) is -0.00200. The van der Waals surface area contributed by atoms with E-state index in [0.29, 0.717) is 17.1 Å². The van der Waals surface area contributed by atoms with Crippen molar-refractivity contribution < 1.29 is 20.1 Å². The van der Waals surface area contributed by atoms with E-state index in [9.17, 15) is 15.3 Å². The summed E-state index contributed by atoms with van der Waals surface area (Å²) < 4.78 is 7.01. The Morgan fingerprint density at radius 2 is 2.04 bits per heavy atom. The molecule has 1 aliphatic heterocycles. The number of imidazole rings is 1. The largest absolute Gasteiger partial charge is 0.394 e. The zero-order valence-corrected chi connectivity index (χ0v) is 15.3. The molecule has 2 aromatic heterocycles. The zero-order chi connectivity index (χ0) is 19.7. The average molecular weight is 391 g/mol. The number of ether oxygens (including phenoxy) is 1. The Morgan fingerprint density at radius 3 is 2.75 bits per heavy atom. The van der Waals surface area contributed by atoms with Crippen LogP contribution in [0.5, 0.6) is 0 Å². The van der Waals surface area contributed by atoms with Crippen LogP contribution in [0.15, 0.2) is 11.4 Å². The van der Waals surface area contributed by atoms with Gasteiger partial charge < -0.3 is 25.8 Å². The van der Waals surface area contributed by atoms with Gasteiger partial charge in [-0.1, -0.05) is 19.3 Å². The van der Waals surface area contributed by atoms with Crippen molar-refractivity contribution in [2.45, 2.75) is 56.6 Å². The Hall–Kier alpha value is -2.34. The van der Waals surface area contributed by atoms with Gasteiger partial charge in [-0.3, -0.25) is 4.57 Å². The highest BCUT2D eigenvalue weighted by molar-refractivity contribution is 5.83. The molecule has 152 valence electrons. The molecular weight excluding hydrogens is 366 g/mol. The topological polar surface area (TPSA) is 164 Å². The van der Waals surface area contributed by atoms with Gasteiger partial charge in [0.15, 0.2) is 17.7 Å². The van der Waals surface area contributed by atoms with Crippen LogP contribution in [0, 0.1) is 5.92 Å². The minimum Gasteiger partial charge on any atom is -0.394 e. The summed E-state index contributed by atoms with van der Waals surface area (Å²) in [6.45, 7) is -0.416. The van der Waals surface area contributed by atoms with Crippen molar-refractivity contribution in [1.82, 2.24) is 19.5 Å². The summed E-state index contributed by atoms with van der Waals surface area (Å²) in [7, 11) is 0. The number of fused-ring (bicyclic) bond motifs is 1. The van der Waals surface area contributed by atoms with Gasteiger partial charge in [0, 0.05) is 6.21 Å². The van der Waals surface area contributed by atoms with E-state index in [1.54, 1.807) is 0 Å². The van der Waals surface area contributed by atoms with Crippen molar-refractivity contribution in [2.24, 2.45) is 11.0 Å². The molecule has 1 aliphatic carbocycles. The molecule has 1 saturated carbocycles. The van der Waals surface area contributed by atoms with Crippen molar-refractivity contribution in [3.8, 4) is 0 Å². The minimum atomic E-state index is -1.24. The molecule has 0 spiro atoms. The number of aromatic nitrogens is 4. The summed E-state index contributed by atoms with van der Waals surface area (Å²) in [6.07, 6.45) is 4.95. The summed E-state index contributed by atoms with van der Waals surface area (Å²) in [5.74, 6) is 0.809. The average Bonchev–Trinajstić information content (AvgIpc) is 3.24. The van der Waals surface area contributed by atoms with E-state index < -0.39 is 31.1 Å². The first kappa shape index (κ1) is 19.0. The van der Waals surface area contributed by atoms with Gasteiger partial charge in [0.25, 0.3) is 0 Å². The quantitative estimate of drug-likeness (QED) is 0.348. The normalized spacial score (nSPS) is 29.1. The van der Waals surface area contributed by atoms with Gasteiger partial charge in [-0.25, -0.2) is 10.4 Å². The van der Waals surface area contributed by atoms with E-state index in [-0.39, 0.29) is 11.8 Å². The lowest BCUT2D eigenvalue weighted by molar-refractivity contribution is -0.0511. The van der Waals surface area contributed by atoms with Crippen LogP contribution in [-0.2, 0) is 4.74 Å². The molecule has 11 nitrogen and oxygen atoms in total. The molecule has 2 fully saturated rings. The van der Waals surface area contributed by atoms with Gasteiger partial charge in [-0.15, -0.1) is 0 Å². The number of aliphatic hydroxyl groups is 3. The number of nitrogens with one attached hydrogen (secondary N) is 1. The highest BCUT2D eigenvalue weighted by Gasteiger charge is 2.44. The van der Waals surface area contributed by atoms with E-state index >= 15 is 0 Å². The Labute approximate surface area is 161 Å². The van der Waals surface area contributed by atoms with Gasteiger partial charge >= 0.3 is 0 Å². The van der Waals surface area contributed by atoms with Gasteiger partial charge in [0.05, 0.1) is 12.9 Å².